The quantitative estimate of drug-likeness (QED) is 0.898. The van der Waals surface area contributed by atoms with Crippen LogP contribution in [0, 0.1) is 0 Å². The summed E-state index contributed by atoms with van der Waals surface area (Å²) in [5.74, 6) is -1.14. The summed E-state index contributed by atoms with van der Waals surface area (Å²) in [5, 5.41) is 9.13. The van der Waals surface area contributed by atoms with Crippen molar-refractivity contribution in [1.82, 2.24) is 4.90 Å². The Bertz CT molecular complexity index is 665. The van der Waals surface area contributed by atoms with Gasteiger partial charge >= 0.3 is 5.97 Å². The van der Waals surface area contributed by atoms with Crippen LogP contribution in [0.1, 0.15) is 26.3 Å². The molecule has 0 unspecified atom stereocenters. The number of halogens is 1. The average Bonchev–Trinajstić information content (AvgIpc) is 2.90. The predicted molar refractivity (Wildman–Crippen MR) is 80.5 cm³/mol. The van der Waals surface area contributed by atoms with E-state index in [9.17, 15) is 9.59 Å². The molecule has 0 saturated heterocycles. The largest absolute Gasteiger partial charge is 0.478 e. The van der Waals surface area contributed by atoms with Crippen LogP contribution in [0.15, 0.2) is 45.7 Å². The molecule has 0 spiro atoms. The molecule has 110 valence electrons. The number of benzene rings is 1. The second kappa shape index (κ2) is 6.58. The molecule has 0 aliphatic heterocycles. The minimum Gasteiger partial charge on any atom is -0.478 e. The molecule has 0 aliphatic rings. The van der Waals surface area contributed by atoms with Crippen LogP contribution in [0.4, 0.5) is 0 Å². The lowest BCUT2D eigenvalue weighted by Crippen LogP contribution is -2.29. The Morgan fingerprint density at radius 1 is 1.24 bits per heavy atom. The molecular formula is C15H14BrNO4. The van der Waals surface area contributed by atoms with Crippen molar-refractivity contribution < 1.29 is 19.1 Å². The molecule has 2 aromatic rings. The normalized spacial score (nSPS) is 10.4. The highest BCUT2D eigenvalue weighted by Crippen LogP contribution is 2.19. The molecule has 0 aliphatic carbocycles. The Hall–Kier alpha value is -2.08. The topological polar surface area (TPSA) is 70.8 Å². The standard InChI is InChI=1S/C15H14BrNO4/c1-17(14(18)12-7-9-21-13(12)16)8-6-10-4-2-3-5-11(10)15(19)20/h2-5,7,9H,6,8H2,1H3,(H,19,20). The van der Waals surface area contributed by atoms with E-state index in [4.69, 9.17) is 9.52 Å². The number of hydrogen-bond donors (Lipinski definition) is 1. The summed E-state index contributed by atoms with van der Waals surface area (Å²) < 4.78 is 5.43. The Morgan fingerprint density at radius 2 is 1.95 bits per heavy atom. The number of carboxylic acids is 1. The zero-order valence-electron chi connectivity index (χ0n) is 11.4. The van der Waals surface area contributed by atoms with E-state index in [1.807, 2.05) is 0 Å². The number of carbonyl (C=O) groups excluding carboxylic acids is 1. The molecule has 1 aromatic heterocycles. The van der Waals surface area contributed by atoms with Crippen LogP contribution in [0.5, 0.6) is 0 Å². The molecule has 0 saturated carbocycles. The van der Waals surface area contributed by atoms with E-state index in [1.165, 1.54) is 11.2 Å². The van der Waals surface area contributed by atoms with Crippen LogP contribution in [-0.4, -0.2) is 35.5 Å². The van der Waals surface area contributed by atoms with Crippen molar-refractivity contribution in [3.63, 3.8) is 0 Å². The van der Waals surface area contributed by atoms with Crippen molar-refractivity contribution in [3.8, 4) is 0 Å². The highest BCUT2D eigenvalue weighted by Gasteiger charge is 2.17. The van der Waals surface area contributed by atoms with Gasteiger partial charge in [-0.1, -0.05) is 18.2 Å². The lowest BCUT2D eigenvalue weighted by molar-refractivity contribution is 0.0695. The molecule has 0 radical (unpaired) electrons. The minimum atomic E-state index is -0.961. The van der Waals surface area contributed by atoms with E-state index in [2.05, 4.69) is 15.9 Å². The van der Waals surface area contributed by atoms with E-state index < -0.39 is 5.97 Å². The molecule has 1 aromatic carbocycles. The summed E-state index contributed by atoms with van der Waals surface area (Å²) in [6.45, 7) is 0.417. The first kappa shape index (κ1) is 15.3. The van der Waals surface area contributed by atoms with Crippen molar-refractivity contribution in [2.24, 2.45) is 0 Å². The first-order valence-corrected chi connectivity index (χ1v) is 7.09. The number of carbonyl (C=O) groups is 2. The Morgan fingerprint density at radius 3 is 2.57 bits per heavy atom. The van der Waals surface area contributed by atoms with Gasteiger partial charge in [0.25, 0.3) is 5.91 Å². The molecule has 6 heteroatoms. The summed E-state index contributed by atoms with van der Waals surface area (Å²) in [4.78, 5) is 24.9. The van der Waals surface area contributed by atoms with Crippen molar-refractivity contribution >= 4 is 27.8 Å². The second-order valence-corrected chi connectivity index (χ2v) is 5.27. The van der Waals surface area contributed by atoms with Crippen molar-refractivity contribution in [3.05, 3.63) is 58.0 Å². The van der Waals surface area contributed by atoms with Gasteiger partial charge in [0.1, 0.15) is 0 Å². The lowest BCUT2D eigenvalue weighted by atomic mass is 10.0. The molecule has 1 heterocycles. The second-order valence-electron chi connectivity index (χ2n) is 4.55. The van der Waals surface area contributed by atoms with Gasteiger partial charge in [0.15, 0.2) is 4.67 Å². The average molecular weight is 352 g/mol. The van der Waals surface area contributed by atoms with Gasteiger partial charge < -0.3 is 14.4 Å². The number of likely N-dealkylation sites (N-methyl/N-ethyl adjacent to an activating group) is 1. The fourth-order valence-corrected chi connectivity index (χ4v) is 2.40. The van der Waals surface area contributed by atoms with Gasteiger partial charge in [-0.3, -0.25) is 4.79 Å². The van der Waals surface area contributed by atoms with E-state index in [1.54, 1.807) is 37.4 Å². The van der Waals surface area contributed by atoms with Gasteiger partial charge in [-0.2, -0.15) is 0 Å². The summed E-state index contributed by atoms with van der Waals surface area (Å²) >= 11 is 3.17. The van der Waals surface area contributed by atoms with Crippen LogP contribution in [0.2, 0.25) is 0 Å². The summed E-state index contributed by atoms with van der Waals surface area (Å²) in [7, 11) is 1.67. The minimum absolute atomic E-state index is 0.177. The first-order valence-electron chi connectivity index (χ1n) is 6.30. The number of carboxylic acid groups (broad SMARTS) is 1. The van der Waals surface area contributed by atoms with Crippen LogP contribution >= 0.6 is 15.9 Å². The Labute approximate surface area is 130 Å². The summed E-state index contributed by atoms with van der Waals surface area (Å²) in [6.07, 6.45) is 1.91. The first-order chi connectivity index (χ1) is 10.0. The molecule has 1 N–H and O–H groups in total. The number of amides is 1. The number of furan rings is 1. The number of nitrogens with zero attached hydrogens (tertiary/aromatic N) is 1. The van der Waals surface area contributed by atoms with Crippen molar-refractivity contribution in [2.45, 2.75) is 6.42 Å². The summed E-state index contributed by atoms with van der Waals surface area (Å²) in [5.41, 5.74) is 1.42. The Balaban J connectivity index is 2.05. The van der Waals surface area contributed by atoms with Crippen LogP contribution < -0.4 is 0 Å². The number of hydrogen-bond acceptors (Lipinski definition) is 3. The van der Waals surface area contributed by atoms with E-state index >= 15 is 0 Å². The van der Waals surface area contributed by atoms with Gasteiger partial charge in [0.2, 0.25) is 0 Å². The maximum Gasteiger partial charge on any atom is 0.335 e. The molecular weight excluding hydrogens is 338 g/mol. The van der Waals surface area contributed by atoms with E-state index in [0.717, 1.165) is 0 Å². The summed E-state index contributed by atoms with van der Waals surface area (Å²) in [6, 6.07) is 8.39. The molecule has 2 rings (SSSR count). The van der Waals surface area contributed by atoms with Crippen LogP contribution in [0.25, 0.3) is 0 Å². The smallest absolute Gasteiger partial charge is 0.335 e. The molecule has 1 amide bonds. The van der Waals surface area contributed by atoms with Gasteiger partial charge in [-0.25, -0.2) is 4.79 Å². The van der Waals surface area contributed by atoms with Gasteiger partial charge in [0, 0.05) is 13.6 Å². The third-order valence-corrected chi connectivity index (χ3v) is 3.77. The highest BCUT2D eigenvalue weighted by molar-refractivity contribution is 9.10. The molecule has 0 atom stereocenters. The third-order valence-electron chi connectivity index (χ3n) is 3.16. The SMILES string of the molecule is CN(CCc1ccccc1C(=O)O)C(=O)c1ccoc1Br. The van der Waals surface area contributed by atoms with Gasteiger partial charge in [-0.05, 0) is 40.0 Å². The lowest BCUT2D eigenvalue weighted by Gasteiger charge is -2.17. The van der Waals surface area contributed by atoms with E-state index in [0.29, 0.717) is 28.8 Å². The third kappa shape index (κ3) is 3.52. The van der Waals surface area contributed by atoms with Gasteiger partial charge in [0.05, 0.1) is 17.4 Å². The molecule has 0 bridgehead atoms. The Kier molecular flexibility index (Phi) is 4.80. The predicted octanol–water partition coefficient (Wildman–Crippen LogP) is 3.06. The number of rotatable bonds is 5. The van der Waals surface area contributed by atoms with Gasteiger partial charge in [-0.15, -0.1) is 0 Å². The monoisotopic (exact) mass is 351 g/mol. The van der Waals surface area contributed by atoms with Crippen molar-refractivity contribution in [1.29, 1.82) is 0 Å². The zero-order chi connectivity index (χ0) is 15.4. The maximum atomic E-state index is 12.2. The fraction of sp³-hybridized carbons (Fsp3) is 0.200. The van der Waals surface area contributed by atoms with E-state index in [-0.39, 0.29) is 11.5 Å². The molecule has 21 heavy (non-hydrogen) atoms. The number of aromatic carboxylic acids is 1. The van der Waals surface area contributed by atoms with Crippen molar-refractivity contribution in [2.75, 3.05) is 13.6 Å². The van der Waals surface area contributed by atoms with Crippen LogP contribution in [0.3, 0.4) is 0 Å². The zero-order valence-corrected chi connectivity index (χ0v) is 13.0. The molecule has 5 nitrogen and oxygen atoms in total. The molecule has 0 fully saturated rings. The maximum absolute atomic E-state index is 12.2. The van der Waals surface area contributed by atoms with Crippen LogP contribution in [-0.2, 0) is 6.42 Å². The highest BCUT2D eigenvalue weighted by atomic mass is 79.9. The fourth-order valence-electron chi connectivity index (χ4n) is 1.99.